The summed E-state index contributed by atoms with van der Waals surface area (Å²) < 4.78 is 75.3. The van der Waals surface area contributed by atoms with Gasteiger partial charge in [-0.05, 0) is 60.3 Å². The second kappa shape index (κ2) is 11.6. The first-order valence-corrected chi connectivity index (χ1v) is 11.7. The first-order valence-electron chi connectivity index (χ1n) is 11.7. The normalized spacial score (nSPS) is 10.4. The molecule has 37 heavy (non-hydrogen) atoms. The van der Waals surface area contributed by atoms with Crippen molar-refractivity contribution in [2.75, 3.05) is 6.61 Å². The summed E-state index contributed by atoms with van der Waals surface area (Å²) >= 11 is 0. The molecule has 0 saturated heterocycles. The van der Waals surface area contributed by atoms with Crippen LogP contribution in [0.1, 0.15) is 48.4 Å². The third-order valence-electron chi connectivity index (χ3n) is 5.58. The van der Waals surface area contributed by atoms with Crippen LogP contribution in [0.4, 0.5) is 22.0 Å². The maximum Gasteiger partial charge on any atom is 0.195 e. The van der Waals surface area contributed by atoms with Crippen LogP contribution in [0.2, 0.25) is 0 Å². The Morgan fingerprint density at radius 1 is 0.622 bits per heavy atom. The molecule has 0 bridgehead atoms. The van der Waals surface area contributed by atoms with Crippen LogP contribution in [0.15, 0.2) is 60.7 Å². The van der Waals surface area contributed by atoms with E-state index in [0.717, 1.165) is 25.3 Å². The standard InChI is InChI=1S/C31H21F5O/c1-2-3-4-15-37-25-13-12-23(28(33)19-25)11-7-21-6-10-22(27(32)17-21)9-5-20-8-14-26-24(16-20)18-29(34)31(36)30(26)35/h6,8,10,12-14,16-19H,2-4,15H2,1H3. The molecule has 0 aliphatic heterocycles. The molecule has 0 atom stereocenters. The summed E-state index contributed by atoms with van der Waals surface area (Å²) in [6.45, 7) is 2.61. The maximum absolute atomic E-state index is 14.6. The second-order valence-electron chi connectivity index (χ2n) is 8.31. The molecule has 186 valence electrons. The van der Waals surface area contributed by atoms with Crippen molar-refractivity contribution in [3.05, 3.63) is 112 Å². The van der Waals surface area contributed by atoms with E-state index in [4.69, 9.17) is 4.74 Å². The zero-order chi connectivity index (χ0) is 26.4. The van der Waals surface area contributed by atoms with Gasteiger partial charge in [0.05, 0.1) is 17.7 Å². The summed E-state index contributed by atoms with van der Waals surface area (Å²) in [5, 5.41) is 0.0572. The van der Waals surface area contributed by atoms with Gasteiger partial charge in [0.25, 0.3) is 0 Å². The van der Waals surface area contributed by atoms with Crippen LogP contribution in [0, 0.1) is 52.8 Å². The van der Waals surface area contributed by atoms with Gasteiger partial charge in [-0.1, -0.05) is 49.5 Å². The minimum absolute atomic E-state index is 0.0795. The Bertz CT molecular complexity index is 1580. The molecule has 4 aromatic rings. The number of hydrogen-bond acceptors (Lipinski definition) is 1. The van der Waals surface area contributed by atoms with E-state index in [0.29, 0.717) is 23.5 Å². The van der Waals surface area contributed by atoms with E-state index in [1.165, 1.54) is 42.5 Å². The summed E-state index contributed by atoms with van der Waals surface area (Å²) in [5.74, 6) is 6.00. The van der Waals surface area contributed by atoms with Gasteiger partial charge in [0.15, 0.2) is 17.5 Å². The van der Waals surface area contributed by atoms with E-state index in [2.05, 4.69) is 30.6 Å². The summed E-state index contributed by atoms with van der Waals surface area (Å²) in [4.78, 5) is 0. The predicted molar refractivity (Wildman–Crippen MR) is 134 cm³/mol. The van der Waals surface area contributed by atoms with Gasteiger partial charge >= 0.3 is 0 Å². The molecular formula is C31H21F5O. The molecule has 0 aromatic heterocycles. The van der Waals surface area contributed by atoms with Crippen molar-refractivity contribution in [2.45, 2.75) is 26.2 Å². The Morgan fingerprint density at radius 3 is 1.95 bits per heavy atom. The van der Waals surface area contributed by atoms with E-state index in [-0.39, 0.29) is 21.9 Å². The van der Waals surface area contributed by atoms with Gasteiger partial charge in [0.1, 0.15) is 17.4 Å². The van der Waals surface area contributed by atoms with Gasteiger partial charge in [-0.15, -0.1) is 0 Å². The van der Waals surface area contributed by atoms with Crippen LogP contribution in [0.5, 0.6) is 5.75 Å². The number of halogens is 5. The zero-order valence-corrected chi connectivity index (χ0v) is 19.9. The van der Waals surface area contributed by atoms with Gasteiger partial charge in [-0.3, -0.25) is 0 Å². The fourth-order valence-electron chi connectivity index (χ4n) is 3.59. The number of rotatable bonds is 5. The lowest BCUT2D eigenvalue weighted by Gasteiger charge is -2.06. The summed E-state index contributed by atoms with van der Waals surface area (Å²) in [7, 11) is 0. The molecule has 1 nitrogen and oxygen atoms in total. The van der Waals surface area contributed by atoms with E-state index < -0.39 is 29.1 Å². The third kappa shape index (κ3) is 6.29. The van der Waals surface area contributed by atoms with E-state index in [1.54, 1.807) is 12.1 Å². The Balaban J connectivity index is 1.49. The third-order valence-corrected chi connectivity index (χ3v) is 5.58. The SMILES string of the molecule is CCCCCOc1ccc(C#Cc2ccc(C#Cc3ccc4c(F)c(F)c(F)cc4c3)c(F)c2)c(F)c1. The van der Waals surface area contributed by atoms with E-state index >= 15 is 0 Å². The van der Waals surface area contributed by atoms with Gasteiger partial charge in [0.2, 0.25) is 0 Å². The van der Waals surface area contributed by atoms with Crippen LogP contribution in [0.25, 0.3) is 10.8 Å². The highest BCUT2D eigenvalue weighted by atomic mass is 19.2. The first kappa shape index (κ1) is 25.8. The van der Waals surface area contributed by atoms with Crippen LogP contribution in [0.3, 0.4) is 0 Å². The Kier molecular flexibility index (Phi) is 8.11. The molecule has 0 radical (unpaired) electrons. The highest BCUT2D eigenvalue weighted by Crippen LogP contribution is 2.24. The summed E-state index contributed by atoms with van der Waals surface area (Å²) in [6, 6.07) is 13.6. The van der Waals surface area contributed by atoms with E-state index in [1.807, 2.05) is 0 Å². The fraction of sp³-hybridized carbons (Fsp3) is 0.161. The molecular weight excluding hydrogens is 483 g/mol. The molecule has 0 saturated carbocycles. The minimum atomic E-state index is -1.54. The average molecular weight is 504 g/mol. The number of hydrogen-bond donors (Lipinski definition) is 0. The second-order valence-corrected chi connectivity index (χ2v) is 8.31. The van der Waals surface area contributed by atoms with Crippen molar-refractivity contribution in [2.24, 2.45) is 0 Å². The number of benzene rings is 4. The Labute approximate surface area is 211 Å². The smallest absolute Gasteiger partial charge is 0.195 e. The van der Waals surface area contributed by atoms with Crippen LogP contribution in [-0.2, 0) is 0 Å². The molecule has 0 N–H and O–H groups in total. The van der Waals surface area contributed by atoms with Gasteiger partial charge in [0, 0.05) is 22.6 Å². The molecule has 0 aliphatic carbocycles. The highest BCUT2D eigenvalue weighted by molar-refractivity contribution is 5.84. The van der Waals surface area contributed by atoms with Gasteiger partial charge < -0.3 is 4.74 Å². The van der Waals surface area contributed by atoms with Crippen molar-refractivity contribution in [3.63, 3.8) is 0 Å². The van der Waals surface area contributed by atoms with Crippen LogP contribution >= 0.6 is 0 Å². The lowest BCUT2D eigenvalue weighted by molar-refractivity contribution is 0.305. The molecule has 0 spiro atoms. The predicted octanol–water partition coefficient (Wildman–Crippen LogP) is 7.90. The number of unbranched alkanes of at least 4 members (excludes halogenated alkanes) is 2. The molecule has 0 amide bonds. The molecule has 6 heteroatoms. The van der Waals surface area contributed by atoms with Crippen molar-refractivity contribution in [1.82, 2.24) is 0 Å². The van der Waals surface area contributed by atoms with Crippen molar-refractivity contribution in [3.8, 4) is 29.4 Å². The fourth-order valence-corrected chi connectivity index (χ4v) is 3.59. The van der Waals surface area contributed by atoms with Crippen LogP contribution < -0.4 is 4.74 Å². The first-order chi connectivity index (χ1) is 17.9. The topological polar surface area (TPSA) is 9.23 Å². The Hall–Kier alpha value is -4.29. The quantitative estimate of drug-likeness (QED) is 0.116. The number of ether oxygens (including phenoxy) is 1. The van der Waals surface area contributed by atoms with Crippen LogP contribution in [-0.4, -0.2) is 6.61 Å². The lowest BCUT2D eigenvalue weighted by Crippen LogP contribution is -1.97. The molecule has 0 aliphatic rings. The summed E-state index contributed by atoms with van der Waals surface area (Å²) in [6.07, 6.45) is 3.01. The van der Waals surface area contributed by atoms with Gasteiger partial charge in [-0.25, -0.2) is 22.0 Å². The maximum atomic E-state index is 14.6. The monoisotopic (exact) mass is 504 g/mol. The molecule has 0 heterocycles. The average Bonchev–Trinajstić information content (AvgIpc) is 2.88. The number of fused-ring (bicyclic) bond motifs is 1. The van der Waals surface area contributed by atoms with Crippen molar-refractivity contribution >= 4 is 10.8 Å². The van der Waals surface area contributed by atoms with Gasteiger partial charge in [-0.2, -0.15) is 0 Å². The van der Waals surface area contributed by atoms with Crippen molar-refractivity contribution < 1.29 is 26.7 Å². The largest absolute Gasteiger partial charge is 0.493 e. The molecule has 4 rings (SSSR count). The minimum Gasteiger partial charge on any atom is -0.493 e. The lowest BCUT2D eigenvalue weighted by atomic mass is 10.1. The summed E-state index contributed by atoms with van der Waals surface area (Å²) in [5.41, 5.74) is 0.947. The zero-order valence-electron chi connectivity index (χ0n) is 19.9. The molecule has 4 aromatic carbocycles. The van der Waals surface area contributed by atoms with Crippen molar-refractivity contribution in [1.29, 1.82) is 0 Å². The highest BCUT2D eigenvalue weighted by Gasteiger charge is 2.13. The Morgan fingerprint density at radius 2 is 1.27 bits per heavy atom. The molecule has 0 unspecified atom stereocenters. The molecule has 0 fully saturated rings. The van der Waals surface area contributed by atoms with E-state index in [9.17, 15) is 22.0 Å².